The van der Waals surface area contributed by atoms with Crippen molar-refractivity contribution in [3.63, 3.8) is 0 Å². The van der Waals surface area contributed by atoms with E-state index in [1.165, 1.54) is 6.26 Å². The molecule has 6 heteroatoms. The summed E-state index contributed by atoms with van der Waals surface area (Å²) in [6.07, 6.45) is 2.85. The number of rotatable bonds is 8. The van der Waals surface area contributed by atoms with Gasteiger partial charge in [-0.2, -0.15) is 0 Å². The number of halogens is 1. The van der Waals surface area contributed by atoms with Crippen LogP contribution in [0.1, 0.15) is 31.4 Å². The molecule has 0 radical (unpaired) electrons. The van der Waals surface area contributed by atoms with E-state index in [-0.39, 0.29) is 11.8 Å². The van der Waals surface area contributed by atoms with E-state index in [1.54, 1.807) is 7.11 Å². The predicted octanol–water partition coefficient (Wildman–Crippen LogP) is 2.93. The van der Waals surface area contributed by atoms with E-state index in [2.05, 4.69) is 28.2 Å². The Bertz CT molecular complexity index is 531. The van der Waals surface area contributed by atoms with Crippen molar-refractivity contribution in [1.82, 2.24) is 5.32 Å². The first kappa shape index (κ1) is 17.5. The van der Waals surface area contributed by atoms with Gasteiger partial charge in [-0.15, -0.1) is 0 Å². The second kappa shape index (κ2) is 8.00. The molecule has 1 atom stereocenters. The number of sulfone groups is 1. The summed E-state index contributed by atoms with van der Waals surface area (Å²) in [5, 5.41) is 3.40. The fourth-order valence-corrected chi connectivity index (χ4v) is 3.16. The molecule has 0 aliphatic carbocycles. The molecule has 0 spiro atoms. The third-order valence-corrected chi connectivity index (χ3v) is 4.59. The van der Waals surface area contributed by atoms with Gasteiger partial charge in [0.1, 0.15) is 15.6 Å². The molecule has 0 aliphatic heterocycles. The first-order valence-electron chi connectivity index (χ1n) is 6.62. The SMILES string of the molecule is CCCNC(CCS(C)(=O)=O)c1ccc(OC)c(Br)c1. The maximum Gasteiger partial charge on any atom is 0.147 e. The summed E-state index contributed by atoms with van der Waals surface area (Å²) in [6, 6.07) is 5.88. The van der Waals surface area contributed by atoms with Crippen molar-refractivity contribution in [3.05, 3.63) is 28.2 Å². The first-order chi connectivity index (χ1) is 9.37. The van der Waals surface area contributed by atoms with Crippen molar-refractivity contribution in [3.8, 4) is 5.75 Å². The lowest BCUT2D eigenvalue weighted by Gasteiger charge is -2.19. The van der Waals surface area contributed by atoms with Gasteiger partial charge in [0.15, 0.2) is 0 Å². The third kappa shape index (κ3) is 5.81. The summed E-state index contributed by atoms with van der Waals surface area (Å²) in [6.45, 7) is 2.95. The molecule has 4 nitrogen and oxygen atoms in total. The summed E-state index contributed by atoms with van der Waals surface area (Å²) in [5.41, 5.74) is 1.06. The van der Waals surface area contributed by atoms with E-state index < -0.39 is 9.84 Å². The molecule has 1 aromatic rings. The molecule has 114 valence electrons. The highest BCUT2D eigenvalue weighted by molar-refractivity contribution is 9.10. The second-order valence-electron chi connectivity index (χ2n) is 4.82. The monoisotopic (exact) mass is 363 g/mol. The molecule has 1 N–H and O–H groups in total. The van der Waals surface area contributed by atoms with Crippen LogP contribution in [0.5, 0.6) is 5.75 Å². The lowest BCUT2D eigenvalue weighted by molar-refractivity contribution is 0.411. The Morgan fingerprint density at radius 2 is 2.10 bits per heavy atom. The summed E-state index contributed by atoms with van der Waals surface area (Å²) in [4.78, 5) is 0. The van der Waals surface area contributed by atoms with Gasteiger partial charge >= 0.3 is 0 Å². The molecule has 0 aliphatic rings. The Hall–Kier alpha value is -0.590. The average molecular weight is 364 g/mol. The minimum Gasteiger partial charge on any atom is -0.496 e. The van der Waals surface area contributed by atoms with Gasteiger partial charge in [-0.25, -0.2) is 8.42 Å². The van der Waals surface area contributed by atoms with E-state index in [0.29, 0.717) is 6.42 Å². The zero-order valence-electron chi connectivity index (χ0n) is 12.1. The van der Waals surface area contributed by atoms with Gasteiger partial charge in [-0.1, -0.05) is 13.0 Å². The minimum atomic E-state index is -2.95. The van der Waals surface area contributed by atoms with Crippen molar-refractivity contribution < 1.29 is 13.2 Å². The van der Waals surface area contributed by atoms with Crippen molar-refractivity contribution in [1.29, 1.82) is 0 Å². The molecule has 0 aromatic heterocycles. The van der Waals surface area contributed by atoms with Gasteiger partial charge in [0.2, 0.25) is 0 Å². The number of nitrogens with one attached hydrogen (secondary N) is 1. The molecule has 0 bridgehead atoms. The highest BCUT2D eigenvalue weighted by atomic mass is 79.9. The number of hydrogen-bond donors (Lipinski definition) is 1. The zero-order valence-corrected chi connectivity index (χ0v) is 14.6. The van der Waals surface area contributed by atoms with Crippen LogP contribution in [0.3, 0.4) is 0 Å². The highest BCUT2D eigenvalue weighted by Gasteiger charge is 2.15. The van der Waals surface area contributed by atoms with Gasteiger partial charge in [-0.05, 0) is 53.0 Å². The zero-order chi connectivity index (χ0) is 15.2. The second-order valence-corrected chi connectivity index (χ2v) is 7.93. The summed E-state index contributed by atoms with van der Waals surface area (Å²) in [7, 11) is -1.33. The van der Waals surface area contributed by atoms with Gasteiger partial charge in [-0.3, -0.25) is 0 Å². The van der Waals surface area contributed by atoms with E-state index in [0.717, 1.165) is 28.8 Å². The van der Waals surface area contributed by atoms with Crippen LogP contribution in [0.4, 0.5) is 0 Å². The molecule has 0 saturated heterocycles. The summed E-state index contributed by atoms with van der Waals surface area (Å²) in [5.74, 6) is 0.948. The van der Waals surface area contributed by atoms with E-state index >= 15 is 0 Å². The lowest BCUT2D eigenvalue weighted by Crippen LogP contribution is -2.24. The van der Waals surface area contributed by atoms with Crippen LogP contribution in [-0.4, -0.2) is 34.1 Å². The molecule has 1 rings (SSSR count). The number of ether oxygens (including phenoxy) is 1. The molecule has 1 aromatic carbocycles. The van der Waals surface area contributed by atoms with Crippen LogP contribution in [0.2, 0.25) is 0 Å². The van der Waals surface area contributed by atoms with Gasteiger partial charge in [0.25, 0.3) is 0 Å². The molecule has 1 unspecified atom stereocenters. The average Bonchev–Trinajstić information content (AvgIpc) is 2.37. The van der Waals surface area contributed by atoms with Crippen LogP contribution in [0, 0.1) is 0 Å². The minimum absolute atomic E-state index is 0.0341. The Balaban J connectivity index is 2.89. The molecule has 0 fully saturated rings. The standard InChI is InChI=1S/C14H22BrNO3S/c1-4-8-16-13(7-9-20(3,17)18)11-5-6-14(19-2)12(15)10-11/h5-6,10,13,16H,4,7-9H2,1-3H3. The van der Waals surface area contributed by atoms with Gasteiger partial charge in [0, 0.05) is 12.3 Å². The van der Waals surface area contributed by atoms with Crippen LogP contribution in [0.15, 0.2) is 22.7 Å². The van der Waals surface area contributed by atoms with Gasteiger partial charge < -0.3 is 10.1 Å². The molecular formula is C14H22BrNO3S. The van der Waals surface area contributed by atoms with Crippen molar-refractivity contribution >= 4 is 25.8 Å². The Morgan fingerprint density at radius 1 is 1.40 bits per heavy atom. The Kier molecular flexibility index (Phi) is 6.99. The lowest BCUT2D eigenvalue weighted by atomic mass is 10.0. The van der Waals surface area contributed by atoms with Crippen molar-refractivity contribution in [2.45, 2.75) is 25.8 Å². The topological polar surface area (TPSA) is 55.4 Å². The van der Waals surface area contributed by atoms with Gasteiger partial charge in [0.05, 0.1) is 17.3 Å². The number of benzene rings is 1. The van der Waals surface area contributed by atoms with E-state index in [9.17, 15) is 8.42 Å². The van der Waals surface area contributed by atoms with Crippen LogP contribution in [-0.2, 0) is 9.84 Å². The molecule has 0 saturated carbocycles. The van der Waals surface area contributed by atoms with Crippen LogP contribution in [0.25, 0.3) is 0 Å². The molecule has 20 heavy (non-hydrogen) atoms. The van der Waals surface area contributed by atoms with Crippen molar-refractivity contribution in [2.75, 3.05) is 25.7 Å². The maximum absolute atomic E-state index is 11.4. The quantitative estimate of drug-likeness (QED) is 0.771. The molecule has 0 heterocycles. The highest BCUT2D eigenvalue weighted by Crippen LogP contribution is 2.29. The predicted molar refractivity (Wildman–Crippen MR) is 86.1 cm³/mol. The molecule has 0 amide bonds. The number of hydrogen-bond acceptors (Lipinski definition) is 4. The normalized spacial score (nSPS) is 13.2. The molecular weight excluding hydrogens is 342 g/mol. The fraction of sp³-hybridized carbons (Fsp3) is 0.571. The van der Waals surface area contributed by atoms with Crippen molar-refractivity contribution in [2.24, 2.45) is 0 Å². The van der Waals surface area contributed by atoms with E-state index in [1.807, 2.05) is 18.2 Å². The smallest absolute Gasteiger partial charge is 0.147 e. The third-order valence-electron chi connectivity index (χ3n) is 3.00. The number of methoxy groups -OCH3 is 1. The Labute approximate surface area is 130 Å². The maximum atomic E-state index is 11.4. The van der Waals surface area contributed by atoms with E-state index in [4.69, 9.17) is 4.74 Å². The Morgan fingerprint density at radius 3 is 2.60 bits per heavy atom. The van der Waals surface area contributed by atoms with Crippen LogP contribution < -0.4 is 10.1 Å². The summed E-state index contributed by atoms with van der Waals surface area (Å²) < 4.78 is 28.8. The first-order valence-corrected chi connectivity index (χ1v) is 9.47. The van der Waals surface area contributed by atoms with Crippen LogP contribution >= 0.6 is 15.9 Å². The fourth-order valence-electron chi connectivity index (χ4n) is 1.94. The largest absolute Gasteiger partial charge is 0.496 e. The summed E-state index contributed by atoms with van der Waals surface area (Å²) >= 11 is 3.46.